The van der Waals surface area contributed by atoms with Crippen LogP contribution in [-0.4, -0.2) is 39.4 Å². The molecule has 2 aromatic heterocycles. The van der Waals surface area contributed by atoms with E-state index in [0.717, 1.165) is 37.3 Å². The maximum absolute atomic E-state index is 12.9. The van der Waals surface area contributed by atoms with Crippen LogP contribution in [0.4, 0.5) is 5.69 Å². The van der Waals surface area contributed by atoms with Crippen molar-refractivity contribution in [2.45, 2.75) is 32.4 Å². The maximum Gasteiger partial charge on any atom is 0.274 e. The zero-order valence-electron chi connectivity index (χ0n) is 17.2. The largest absolute Gasteiger partial charge is 0.495 e. The zero-order chi connectivity index (χ0) is 20.9. The Morgan fingerprint density at radius 3 is 2.83 bits per heavy atom. The molecule has 0 spiro atoms. The molecule has 1 aliphatic rings. The number of hydrogen-bond acceptors (Lipinski definition) is 6. The summed E-state index contributed by atoms with van der Waals surface area (Å²) in [7, 11) is 1.58. The predicted octanol–water partition coefficient (Wildman–Crippen LogP) is 3.78. The molecule has 4 rings (SSSR count). The molecule has 1 amide bonds. The van der Waals surface area contributed by atoms with E-state index in [0.29, 0.717) is 23.0 Å². The van der Waals surface area contributed by atoms with Gasteiger partial charge in [0, 0.05) is 18.4 Å². The molecule has 1 aliphatic heterocycles. The van der Waals surface area contributed by atoms with Crippen LogP contribution in [0.3, 0.4) is 0 Å². The van der Waals surface area contributed by atoms with Crippen LogP contribution >= 0.6 is 0 Å². The van der Waals surface area contributed by atoms with E-state index >= 15 is 0 Å². The van der Waals surface area contributed by atoms with Gasteiger partial charge in [-0.1, -0.05) is 18.2 Å². The van der Waals surface area contributed by atoms with Crippen molar-refractivity contribution in [2.24, 2.45) is 0 Å². The quantitative estimate of drug-likeness (QED) is 0.675. The Morgan fingerprint density at radius 1 is 1.20 bits per heavy atom. The monoisotopic (exact) mass is 403 g/mol. The van der Waals surface area contributed by atoms with Gasteiger partial charge in [-0.15, -0.1) is 0 Å². The molecule has 3 aromatic rings. The summed E-state index contributed by atoms with van der Waals surface area (Å²) >= 11 is 0. The van der Waals surface area contributed by atoms with Crippen molar-refractivity contribution in [1.82, 2.24) is 19.9 Å². The number of methoxy groups -OCH3 is 1. The molecular formula is C23H25N5O2. The van der Waals surface area contributed by atoms with Gasteiger partial charge in [-0.3, -0.25) is 14.7 Å². The molecule has 7 heteroatoms. The van der Waals surface area contributed by atoms with Gasteiger partial charge in [-0.05, 0) is 56.6 Å². The Morgan fingerprint density at radius 2 is 2.03 bits per heavy atom. The third kappa shape index (κ3) is 4.46. The van der Waals surface area contributed by atoms with Crippen molar-refractivity contribution in [1.29, 1.82) is 0 Å². The Hall–Kier alpha value is -3.32. The first-order chi connectivity index (χ1) is 14.6. The summed E-state index contributed by atoms with van der Waals surface area (Å²) < 4.78 is 5.32. The first kappa shape index (κ1) is 20.0. The molecular weight excluding hydrogens is 378 g/mol. The highest BCUT2D eigenvalue weighted by Crippen LogP contribution is 2.31. The van der Waals surface area contributed by atoms with Crippen LogP contribution < -0.4 is 10.1 Å². The van der Waals surface area contributed by atoms with E-state index in [9.17, 15) is 4.79 Å². The van der Waals surface area contributed by atoms with Gasteiger partial charge in [-0.25, -0.2) is 9.97 Å². The summed E-state index contributed by atoms with van der Waals surface area (Å²) in [6.45, 7) is 3.59. The van der Waals surface area contributed by atoms with Crippen LogP contribution in [0, 0.1) is 6.92 Å². The number of nitrogens with zero attached hydrogens (tertiary/aromatic N) is 4. The van der Waals surface area contributed by atoms with Gasteiger partial charge in [0.05, 0.1) is 24.5 Å². The van der Waals surface area contributed by atoms with Crippen molar-refractivity contribution in [3.05, 3.63) is 77.6 Å². The van der Waals surface area contributed by atoms with Crippen LogP contribution in [-0.2, 0) is 6.54 Å². The molecule has 0 saturated carbocycles. The first-order valence-electron chi connectivity index (χ1n) is 10.1. The second-order valence-corrected chi connectivity index (χ2v) is 7.36. The van der Waals surface area contributed by atoms with Crippen molar-refractivity contribution in [3.63, 3.8) is 0 Å². The Kier molecular flexibility index (Phi) is 5.99. The summed E-state index contributed by atoms with van der Waals surface area (Å²) in [5, 5.41) is 2.90. The van der Waals surface area contributed by atoms with E-state index in [4.69, 9.17) is 4.74 Å². The second kappa shape index (κ2) is 9.00. The van der Waals surface area contributed by atoms with Crippen LogP contribution in [0.2, 0.25) is 0 Å². The minimum atomic E-state index is -0.277. The van der Waals surface area contributed by atoms with E-state index in [2.05, 4.69) is 25.2 Å². The zero-order valence-corrected chi connectivity index (χ0v) is 17.2. The number of carbonyl (C=O) groups excluding carboxylic acids is 1. The fourth-order valence-electron chi connectivity index (χ4n) is 3.80. The highest BCUT2D eigenvalue weighted by molar-refractivity contribution is 6.03. The molecule has 154 valence electrons. The predicted molar refractivity (Wildman–Crippen MR) is 114 cm³/mol. The van der Waals surface area contributed by atoms with Gasteiger partial charge in [0.15, 0.2) is 0 Å². The van der Waals surface area contributed by atoms with E-state index in [1.165, 1.54) is 0 Å². The van der Waals surface area contributed by atoms with E-state index in [1.54, 1.807) is 25.3 Å². The Balaban J connectivity index is 1.56. The molecule has 1 saturated heterocycles. The standard InChI is InChI=1S/C23H25N5O2/c1-16-14-19(23(29)27-18-9-3-4-11-21(18)30-2)26-22(25-16)20-10-7-13-28(20)15-17-8-5-6-12-24-17/h3-6,8-9,11-12,14,20H,7,10,13,15H2,1-2H3,(H,27,29). The average Bonchev–Trinajstić information content (AvgIpc) is 3.22. The van der Waals surface area contributed by atoms with Crippen LogP contribution in [0.5, 0.6) is 5.75 Å². The molecule has 30 heavy (non-hydrogen) atoms. The van der Waals surface area contributed by atoms with Crippen molar-refractivity contribution in [2.75, 3.05) is 19.0 Å². The minimum Gasteiger partial charge on any atom is -0.495 e. The normalized spacial score (nSPS) is 16.4. The molecule has 0 aliphatic carbocycles. The minimum absolute atomic E-state index is 0.0738. The molecule has 1 atom stereocenters. The molecule has 1 N–H and O–H groups in total. The van der Waals surface area contributed by atoms with Crippen molar-refractivity contribution in [3.8, 4) is 5.75 Å². The number of nitrogens with one attached hydrogen (secondary N) is 1. The Labute approximate surface area is 176 Å². The number of para-hydroxylation sites is 2. The van der Waals surface area contributed by atoms with Gasteiger partial charge < -0.3 is 10.1 Å². The number of aromatic nitrogens is 3. The third-order valence-corrected chi connectivity index (χ3v) is 5.21. The van der Waals surface area contributed by atoms with E-state index in [1.807, 2.05) is 43.5 Å². The topological polar surface area (TPSA) is 80.2 Å². The van der Waals surface area contributed by atoms with E-state index < -0.39 is 0 Å². The van der Waals surface area contributed by atoms with Gasteiger partial charge in [0.1, 0.15) is 17.3 Å². The highest BCUT2D eigenvalue weighted by Gasteiger charge is 2.29. The highest BCUT2D eigenvalue weighted by atomic mass is 16.5. The van der Waals surface area contributed by atoms with E-state index in [-0.39, 0.29) is 11.9 Å². The van der Waals surface area contributed by atoms with Gasteiger partial charge in [-0.2, -0.15) is 0 Å². The lowest BCUT2D eigenvalue weighted by molar-refractivity contribution is 0.102. The number of anilines is 1. The fraction of sp³-hybridized carbons (Fsp3) is 0.304. The lowest BCUT2D eigenvalue weighted by atomic mass is 10.2. The molecule has 1 aromatic carbocycles. The van der Waals surface area contributed by atoms with Crippen molar-refractivity contribution >= 4 is 11.6 Å². The van der Waals surface area contributed by atoms with Crippen LogP contribution in [0.15, 0.2) is 54.7 Å². The fourth-order valence-corrected chi connectivity index (χ4v) is 3.80. The number of likely N-dealkylation sites (tertiary alicyclic amines) is 1. The molecule has 0 radical (unpaired) electrons. The summed E-state index contributed by atoms with van der Waals surface area (Å²) in [4.78, 5) is 29.0. The molecule has 7 nitrogen and oxygen atoms in total. The second-order valence-electron chi connectivity index (χ2n) is 7.36. The number of pyridine rings is 1. The molecule has 3 heterocycles. The number of amides is 1. The SMILES string of the molecule is COc1ccccc1NC(=O)c1cc(C)nc(C2CCCN2Cc2ccccn2)n1. The van der Waals surface area contributed by atoms with Crippen molar-refractivity contribution < 1.29 is 9.53 Å². The summed E-state index contributed by atoms with van der Waals surface area (Å²) in [6, 6.07) is 15.0. The number of rotatable bonds is 6. The Bertz CT molecular complexity index is 1030. The number of carbonyl (C=O) groups is 1. The summed E-state index contributed by atoms with van der Waals surface area (Å²) in [5.74, 6) is 1.02. The first-order valence-corrected chi connectivity index (χ1v) is 10.1. The number of aryl methyl sites for hydroxylation is 1. The van der Waals surface area contributed by atoms with Crippen LogP contribution in [0.25, 0.3) is 0 Å². The smallest absolute Gasteiger partial charge is 0.274 e. The third-order valence-electron chi connectivity index (χ3n) is 5.21. The molecule has 1 fully saturated rings. The summed E-state index contributed by atoms with van der Waals surface area (Å²) in [5.41, 5.74) is 2.76. The molecule has 0 bridgehead atoms. The number of benzene rings is 1. The molecule has 1 unspecified atom stereocenters. The summed E-state index contributed by atoms with van der Waals surface area (Å²) in [6.07, 6.45) is 3.84. The number of hydrogen-bond donors (Lipinski definition) is 1. The van der Waals surface area contributed by atoms with Gasteiger partial charge >= 0.3 is 0 Å². The lowest BCUT2D eigenvalue weighted by Crippen LogP contribution is -2.26. The lowest BCUT2D eigenvalue weighted by Gasteiger charge is -2.23. The average molecular weight is 403 g/mol. The van der Waals surface area contributed by atoms with Gasteiger partial charge in [0.25, 0.3) is 5.91 Å². The number of ether oxygens (including phenoxy) is 1. The maximum atomic E-state index is 12.9. The van der Waals surface area contributed by atoms with Gasteiger partial charge in [0.2, 0.25) is 0 Å². The van der Waals surface area contributed by atoms with Crippen LogP contribution in [0.1, 0.15) is 46.6 Å².